The molecule has 0 bridgehead atoms. The Balaban J connectivity index is 1.36. The second-order valence-corrected chi connectivity index (χ2v) is 7.16. The van der Waals surface area contributed by atoms with E-state index in [9.17, 15) is 4.79 Å². The summed E-state index contributed by atoms with van der Waals surface area (Å²) in [6.45, 7) is 2.07. The fourth-order valence-corrected chi connectivity index (χ4v) is 3.81. The van der Waals surface area contributed by atoms with Crippen molar-refractivity contribution in [3.8, 4) is 5.75 Å². The Labute approximate surface area is 158 Å². The summed E-state index contributed by atoms with van der Waals surface area (Å²) in [5.41, 5.74) is 8.75. The molecule has 2 aliphatic rings. The first-order chi connectivity index (χ1) is 13.1. The molecule has 4 N–H and O–H groups in total. The Kier molecular flexibility index (Phi) is 4.81. The Hall–Kier alpha value is -2.86. The van der Waals surface area contributed by atoms with E-state index in [2.05, 4.69) is 23.5 Å². The van der Waals surface area contributed by atoms with Crippen molar-refractivity contribution >= 4 is 11.7 Å². The van der Waals surface area contributed by atoms with Crippen LogP contribution in [0.25, 0.3) is 0 Å². The number of nitrogen functional groups attached to an aromatic ring is 1. The lowest BCUT2D eigenvalue weighted by molar-refractivity contribution is -0.134. The van der Waals surface area contributed by atoms with E-state index in [0.717, 1.165) is 13.0 Å². The predicted octanol–water partition coefficient (Wildman–Crippen LogP) is 1.66. The lowest BCUT2D eigenvalue weighted by Crippen LogP contribution is -2.45. The van der Waals surface area contributed by atoms with E-state index in [1.807, 2.05) is 23.1 Å². The summed E-state index contributed by atoms with van der Waals surface area (Å²) in [4.78, 5) is 14.9. The number of rotatable bonds is 4. The van der Waals surface area contributed by atoms with Crippen molar-refractivity contribution in [1.82, 2.24) is 10.2 Å². The van der Waals surface area contributed by atoms with Crippen molar-refractivity contribution in [3.63, 3.8) is 0 Å². The van der Waals surface area contributed by atoms with Crippen LogP contribution in [0.3, 0.4) is 0 Å². The molecule has 140 valence electrons. The number of nitrogens with zero attached hydrogens (tertiary/aromatic N) is 1. The van der Waals surface area contributed by atoms with E-state index in [-0.39, 0.29) is 23.9 Å². The van der Waals surface area contributed by atoms with Gasteiger partial charge >= 0.3 is 0 Å². The van der Waals surface area contributed by atoms with Gasteiger partial charge in [-0.3, -0.25) is 10.2 Å². The highest BCUT2D eigenvalue weighted by Gasteiger charge is 2.34. The molecular formula is C21H24N4O2. The van der Waals surface area contributed by atoms with Crippen molar-refractivity contribution in [2.24, 2.45) is 5.73 Å². The zero-order valence-corrected chi connectivity index (χ0v) is 15.2. The Morgan fingerprint density at radius 2 is 2.00 bits per heavy atom. The van der Waals surface area contributed by atoms with Gasteiger partial charge in [-0.1, -0.05) is 36.4 Å². The number of nitrogens with one attached hydrogen (secondary N) is 2. The third kappa shape index (κ3) is 3.80. The fourth-order valence-electron chi connectivity index (χ4n) is 3.81. The summed E-state index contributed by atoms with van der Waals surface area (Å²) in [5, 5.41) is 10.8. The van der Waals surface area contributed by atoms with Crippen LogP contribution in [0.4, 0.5) is 0 Å². The topological polar surface area (TPSA) is 91.4 Å². The lowest BCUT2D eigenvalue weighted by Gasteiger charge is -2.30. The van der Waals surface area contributed by atoms with Crippen LogP contribution < -0.4 is 15.8 Å². The van der Waals surface area contributed by atoms with Gasteiger partial charge in [0.05, 0.1) is 6.04 Å². The number of nitrogens with two attached hydrogens (primary N) is 1. The van der Waals surface area contributed by atoms with Gasteiger partial charge in [-0.05, 0) is 29.7 Å². The molecule has 0 aliphatic carbocycles. The Bertz CT molecular complexity index is 867. The zero-order valence-electron chi connectivity index (χ0n) is 15.2. The van der Waals surface area contributed by atoms with Crippen LogP contribution in [-0.2, 0) is 17.8 Å². The largest absolute Gasteiger partial charge is 0.489 e. The molecule has 0 radical (unpaired) electrons. The predicted molar refractivity (Wildman–Crippen MR) is 104 cm³/mol. The number of ether oxygens (including phenoxy) is 1. The van der Waals surface area contributed by atoms with Crippen molar-refractivity contribution < 1.29 is 9.53 Å². The first-order valence-electron chi connectivity index (χ1n) is 9.30. The van der Waals surface area contributed by atoms with Crippen LogP contribution in [-0.4, -0.2) is 41.9 Å². The second-order valence-electron chi connectivity index (χ2n) is 7.16. The van der Waals surface area contributed by atoms with Gasteiger partial charge in [0.25, 0.3) is 0 Å². The van der Waals surface area contributed by atoms with Gasteiger partial charge in [0.2, 0.25) is 5.91 Å². The third-order valence-electron chi connectivity index (χ3n) is 5.28. The fraction of sp³-hybridized carbons (Fsp3) is 0.333. The maximum Gasteiger partial charge on any atom is 0.240 e. The third-order valence-corrected chi connectivity index (χ3v) is 5.28. The van der Waals surface area contributed by atoms with Crippen molar-refractivity contribution in [1.29, 1.82) is 5.41 Å². The second kappa shape index (κ2) is 7.40. The normalized spacial score (nSPS) is 21.6. The number of fused-ring (bicyclic) bond motifs is 1. The van der Waals surface area contributed by atoms with Gasteiger partial charge < -0.3 is 20.7 Å². The molecule has 2 atom stereocenters. The molecule has 2 aromatic carbocycles. The molecule has 1 amide bonds. The van der Waals surface area contributed by atoms with E-state index in [0.29, 0.717) is 30.8 Å². The Morgan fingerprint density at radius 1 is 1.19 bits per heavy atom. The molecule has 0 unspecified atom stereocenters. The SMILES string of the molecule is N=C(N)c1cccc(O[C@H]2CN[C@H](C(=O)N3CCc4ccccc4C3)C2)c1. The van der Waals surface area contributed by atoms with Gasteiger partial charge in [0.15, 0.2) is 0 Å². The summed E-state index contributed by atoms with van der Waals surface area (Å²) in [6.07, 6.45) is 1.48. The molecule has 0 spiro atoms. The molecule has 0 saturated carbocycles. The number of carbonyl (C=O) groups excluding carboxylic acids is 1. The molecule has 27 heavy (non-hydrogen) atoms. The van der Waals surface area contributed by atoms with Gasteiger partial charge in [0.1, 0.15) is 17.7 Å². The summed E-state index contributed by atoms with van der Waals surface area (Å²) >= 11 is 0. The molecule has 1 saturated heterocycles. The maximum absolute atomic E-state index is 12.9. The maximum atomic E-state index is 12.9. The zero-order chi connectivity index (χ0) is 18.8. The molecule has 6 nitrogen and oxygen atoms in total. The number of hydrogen-bond donors (Lipinski definition) is 3. The average Bonchev–Trinajstić information content (AvgIpc) is 3.15. The number of benzene rings is 2. The van der Waals surface area contributed by atoms with Crippen LogP contribution in [0.2, 0.25) is 0 Å². The van der Waals surface area contributed by atoms with E-state index < -0.39 is 0 Å². The minimum atomic E-state index is -0.212. The molecule has 2 heterocycles. The highest BCUT2D eigenvalue weighted by Crippen LogP contribution is 2.23. The van der Waals surface area contributed by atoms with Crippen LogP contribution in [0.15, 0.2) is 48.5 Å². The molecular weight excluding hydrogens is 340 g/mol. The van der Waals surface area contributed by atoms with Crippen molar-refractivity contribution in [2.45, 2.75) is 31.5 Å². The standard InChI is InChI=1S/C21H24N4O2/c22-20(23)15-6-3-7-17(10-15)27-18-11-19(24-12-18)21(26)25-9-8-14-4-1-2-5-16(14)13-25/h1-7,10,18-19,24H,8-9,11-13H2,(H3,22,23)/t18-,19+/m1/s1. The molecule has 1 fully saturated rings. The van der Waals surface area contributed by atoms with Crippen LogP contribution in [0.1, 0.15) is 23.1 Å². The monoisotopic (exact) mass is 364 g/mol. The Morgan fingerprint density at radius 3 is 2.81 bits per heavy atom. The summed E-state index contributed by atoms with van der Waals surface area (Å²) in [6, 6.07) is 15.3. The van der Waals surface area contributed by atoms with Crippen LogP contribution in [0, 0.1) is 5.41 Å². The molecule has 0 aromatic heterocycles. The number of hydrogen-bond acceptors (Lipinski definition) is 4. The molecule has 2 aromatic rings. The summed E-state index contributed by atoms with van der Waals surface area (Å²) in [5.74, 6) is 0.839. The van der Waals surface area contributed by atoms with E-state index >= 15 is 0 Å². The quantitative estimate of drug-likeness (QED) is 0.568. The summed E-state index contributed by atoms with van der Waals surface area (Å²) in [7, 11) is 0. The van der Waals surface area contributed by atoms with Crippen molar-refractivity contribution in [2.75, 3.05) is 13.1 Å². The minimum absolute atomic E-state index is 0.0171. The molecule has 6 heteroatoms. The number of carbonyl (C=O) groups is 1. The van der Waals surface area contributed by atoms with Crippen molar-refractivity contribution in [3.05, 3.63) is 65.2 Å². The summed E-state index contributed by atoms with van der Waals surface area (Å²) < 4.78 is 6.00. The smallest absolute Gasteiger partial charge is 0.240 e. The number of amides is 1. The van der Waals surface area contributed by atoms with Gasteiger partial charge in [-0.15, -0.1) is 0 Å². The molecule has 2 aliphatic heterocycles. The average molecular weight is 364 g/mol. The van der Waals surface area contributed by atoms with E-state index in [1.165, 1.54) is 11.1 Å². The van der Waals surface area contributed by atoms with Gasteiger partial charge in [-0.25, -0.2) is 0 Å². The highest BCUT2D eigenvalue weighted by molar-refractivity contribution is 5.95. The number of amidine groups is 1. The van der Waals surface area contributed by atoms with Crippen LogP contribution >= 0.6 is 0 Å². The molecule has 4 rings (SSSR count). The van der Waals surface area contributed by atoms with E-state index in [1.54, 1.807) is 12.1 Å². The first-order valence-corrected chi connectivity index (χ1v) is 9.30. The van der Waals surface area contributed by atoms with E-state index in [4.69, 9.17) is 15.9 Å². The van der Waals surface area contributed by atoms with Gasteiger partial charge in [-0.2, -0.15) is 0 Å². The highest BCUT2D eigenvalue weighted by atomic mass is 16.5. The lowest BCUT2D eigenvalue weighted by atomic mass is 9.99. The first kappa shape index (κ1) is 17.5. The van der Waals surface area contributed by atoms with Crippen LogP contribution in [0.5, 0.6) is 5.75 Å². The minimum Gasteiger partial charge on any atom is -0.489 e. The van der Waals surface area contributed by atoms with Gasteiger partial charge in [0, 0.05) is 31.6 Å².